The molecule has 0 radical (unpaired) electrons. The van der Waals surface area contributed by atoms with Gasteiger partial charge in [0.2, 0.25) is 0 Å². The summed E-state index contributed by atoms with van der Waals surface area (Å²) >= 11 is 0. The lowest BCUT2D eigenvalue weighted by Crippen LogP contribution is -1.92. The summed E-state index contributed by atoms with van der Waals surface area (Å²) in [4.78, 5) is 0. The SMILES string of the molecule is c1ccc(-c2c3ccccc3c(-c3ccc4oc5c(ccc6oc7ccccc7c65)c4c3)c3ccc4ccccc4c23)cc1. The standard InChI is InChI=1S/C42H24O2/c1-2-11-26(12-3-1)39-30-15-7-6-14-29(30)38(33-20-18-25-10-4-5-13-28(25)40(33)39)27-19-22-36-34(24-27)31-21-23-37-41(42(31)44-36)32-16-8-9-17-35(32)43-37/h1-24H. The maximum absolute atomic E-state index is 6.57. The zero-order chi connectivity index (χ0) is 28.8. The fraction of sp³-hybridized carbons (Fsp3) is 0. The first-order chi connectivity index (χ1) is 21.8. The molecule has 2 heteroatoms. The molecule has 0 fully saturated rings. The van der Waals surface area contributed by atoms with Crippen LogP contribution in [0.4, 0.5) is 0 Å². The van der Waals surface area contributed by atoms with Gasteiger partial charge in [-0.05, 0) is 84.9 Å². The van der Waals surface area contributed by atoms with Gasteiger partial charge in [0.1, 0.15) is 22.3 Å². The van der Waals surface area contributed by atoms with E-state index in [1.165, 1.54) is 54.6 Å². The molecule has 44 heavy (non-hydrogen) atoms. The van der Waals surface area contributed by atoms with E-state index in [1.807, 2.05) is 12.1 Å². The predicted molar refractivity (Wildman–Crippen MR) is 184 cm³/mol. The van der Waals surface area contributed by atoms with E-state index < -0.39 is 0 Å². The van der Waals surface area contributed by atoms with Crippen LogP contribution in [0, 0.1) is 0 Å². The average molecular weight is 561 g/mol. The molecular formula is C42H24O2. The minimum Gasteiger partial charge on any atom is -0.456 e. The van der Waals surface area contributed by atoms with E-state index >= 15 is 0 Å². The van der Waals surface area contributed by atoms with Gasteiger partial charge >= 0.3 is 0 Å². The van der Waals surface area contributed by atoms with Crippen LogP contribution in [0.2, 0.25) is 0 Å². The fourth-order valence-electron chi connectivity index (χ4n) is 7.36. The van der Waals surface area contributed by atoms with Gasteiger partial charge in [-0.3, -0.25) is 0 Å². The van der Waals surface area contributed by atoms with E-state index in [2.05, 4.69) is 133 Å². The molecule has 2 aromatic heterocycles. The predicted octanol–water partition coefficient (Wildman–Crippen LogP) is 12.3. The van der Waals surface area contributed by atoms with Crippen LogP contribution in [-0.4, -0.2) is 0 Å². The van der Waals surface area contributed by atoms with Crippen LogP contribution in [-0.2, 0) is 0 Å². The Morgan fingerprint density at radius 3 is 1.84 bits per heavy atom. The third kappa shape index (κ3) is 3.20. The Labute approximate surface area is 252 Å². The summed E-state index contributed by atoms with van der Waals surface area (Å²) in [5.41, 5.74) is 8.39. The summed E-state index contributed by atoms with van der Waals surface area (Å²) in [7, 11) is 0. The third-order valence-corrected chi connectivity index (χ3v) is 9.24. The molecule has 0 aliphatic rings. The molecule has 0 spiro atoms. The number of hydrogen-bond acceptors (Lipinski definition) is 2. The average Bonchev–Trinajstić information content (AvgIpc) is 3.65. The Bertz CT molecular complexity index is 2760. The highest BCUT2D eigenvalue weighted by Crippen LogP contribution is 2.47. The van der Waals surface area contributed by atoms with Crippen LogP contribution in [0.3, 0.4) is 0 Å². The normalized spacial score (nSPS) is 12.1. The smallest absolute Gasteiger partial charge is 0.147 e. The number of furan rings is 2. The number of benzene rings is 8. The second kappa shape index (κ2) is 8.82. The van der Waals surface area contributed by atoms with Gasteiger partial charge in [-0.25, -0.2) is 0 Å². The zero-order valence-electron chi connectivity index (χ0n) is 23.7. The fourth-order valence-corrected chi connectivity index (χ4v) is 7.36. The summed E-state index contributed by atoms with van der Waals surface area (Å²) < 4.78 is 12.7. The second-order valence-electron chi connectivity index (χ2n) is 11.6. The highest BCUT2D eigenvalue weighted by atomic mass is 16.3. The van der Waals surface area contributed by atoms with Crippen molar-refractivity contribution in [1.82, 2.24) is 0 Å². The van der Waals surface area contributed by atoms with Gasteiger partial charge in [0, 0.05) is 16.2 Å². The third-order valence-electron chi connectivity index (χ3n) is 9.24. The van der Waals surface area contributed by atoms with Gasteiger partial charge < -0.3 is 8.83 Å². The maximum Gasteiger partial charge on any atom is 0.147 e. The molecule has 0 N–H and O–H groups in total. The highest BCUT2D eigenvalue weighted by Gasteiger charge is 2.20. The Morgan fingerprint density at radius 1 is 0.318 bits per heavy atom. The molecule has 0 amide bonds. The van der Waals surface area contributed by atoms with E-state index in [1.54, 1.807) is 0 Å². The molecule has 10 aromatic rings. The van der Waals surface area contributed by atoms with Gasteiger partial charge in [-0.1, -0.05) is 115 Å². The number of hydrogen-bond donors (Lipinski definition) is 0. The quantitative estimate of drug-likeness (QED) is 0.155. The highest BCUT2D eigenvalue weighted by molar-refractivity contribution is 6.28. The summed E-state index contributed by atoms with van der Waals surface area (Å²) in [5.74, 6) is 0. The molecule has 204 valence electrons. The number of fused-ring (bicyclic) bond motifs is 11. The first-order valence-electron chi connectivity index (χ1n) is 15.0. The molecule has 0 saturated heterocycles. The molecule has 8 aromatic carbocycles. The molecular weight excluding hydrogens is 536 g/mol. The van der Waals surface area contributed by atoms with Gasteiger partial charge in [0.05, 0.1) is 5.39 Å². The van der Waals surface area contributed by atoms with Gasteiger partial charge in [-0.15, -0.1) is 0 Å². The second-order valence-corrected chi connectivity index (χ2v) is 11.6. The molecule has 0 saturated carbocycles. The number of rotatable bonds is 2. The van der Waals surface area contributed by atoms with Crippen molar-refractivity contribution in [3.05, 3.63) is 146 Å². The van der Waals surface area contributed by atoms with E-state index in [4.69, 9.17) is 8.83 Å². The van der Waals surface area contributed by atoms with E-state index in [0.29, 0.717) is 0 Å². The van der Waals surface area contributed by atoms with Crippen molar-refractivity contribution < 1.29 is 8.83 Å². The van der Waals surface area contributed by atoms with Gasteiger partial charge in [0.15, 0.2) is 0 Å². The van der Waals surface area contributed by atoms with Crippen molar-refractivity contribution in [1.29, 1.82) is 0 Å². The first kappa shape index (κ1) is 23.7. The van der Waals surface area contributed by atoms with Gasteiger partial charge in [0.25, 0.3) is 0 Å². The van der Waals surface area contributed by atoms with E-state index in [-0.39, 0.29) is 0 Å². The molecule has 0 unspecified atom stereocenters. The summed E-state index contributed by atoms with van der Waals surface area (Å²) in [6.45, 7) is 0. The lowest BCUT2D eigenvalue weighted by molar-refractivity contribution is 0.663. The number of para-hydroxylation sites is 1. The monoisotopic (exact) mass is 560 g/mol. The van der Waals surface area contributed by atoms with Crippen LogP contribution in [0.15, 0.2) is 154 Å². The molecule has 10 rings (SSSR count). The van der Waals surface area contributed by atoms with E-state index in [9.17, 15) is 0 Å². The lowest BCUT2D eigenvalue weighted by atomic mass is 9.84. The molecule has 0 atom stereocenters. The van der Waals surface area contributed by atoms with Crippen molar-refractivity contribution in [3.8, 4) is 22.3 Å². The van der Waals surface area contributed by atoms with Crippen LogP contribution in [0.1, 0.15) is 0 Å². The van der Waals surface area contributed by atoms with E-state index in [0.717, 1.165) is 43.9 Å². The lowest BCUT2D eigenvalue weighted by Gasteiger charge is -2.19. The topological polar surface area (TPSA) is 26.3 Å². The summed E-state index contributed by atoms with van der Waals surface area (Å²) in [6.07, 6.45) is 0. The molecule has 2 heterocycles. The Balaban J connectivity index is 1.34. The summed E-state index contributed by atoms with van der Waals surface area (Å²) in [6, 6.07) is 52.0. The molecule has 0 bridgehead atoms. The van der Waals surface area contributed by atoms with Crippen LogP contribution in [0.25, 0.3) is 98.4 Å². The first-order valence-corrected chi connectivity index (χ1v) is 15.0. The summed E-state index contributed by atoms with van der Waals surface area (Å²) in [5, 5.41) is 11.8. The Morgan fingerprint density at radius 2 is 0.977 bits per heavy atom. The zero-order valence-corrected chi connectivity index (χ0v) is 23.7. The molecule has 0 aliphatic carbocycles. The minimum atomic E-state index is 0.846. The van der Waals surface area contributed by atoms with Crippen LogP contribution in [0.5, 0.6) is 0 Å². The molecule has 2 nitrogen and oxygen atoms in total. The van der Waals surface area contributed by atoms with Gasteiger partial charge in [-0.2, -0.15) is 0 Å². The minimum absolute atomic E-state index is 0.846. The Kier molecular flexibility index (Phi) is 4.75. The van der Waals surface area contributed by atoms with Crippen molar-refractivity contribution in [2.24, 2.45) is 0 Å². The van der Waals surface area contributed by atoms with Crippen LogP contribution < -0.4 is 0 Å². The van der Waals surface area contributed by atoms with Crippen molar-refractivity contribution >= 4 is 76.2 Å². The van der Waals surface area contributed by atoms with Crippen molar-refractivity contribution in [3.63, 3.8) is 0 Å². The maximum atomic E-state index is 6.57. The van der Waals surface area contributed by atoms with Crippen molar-refractivity contribution in [2.45, 2.75) is 0 Å². The Hall–Kier alpha value is -5.86. The molecule has 0 aliphatic heterocycles. The van der Waals surface area contributed by atoms with Crippen LogP contribution >= 0.6 is 0 Å². The largest absolute Gasteiger partial charge is 0.456 e. The van der Waals surface area contributed by atoms with Crippen molar-refractivity contribution in [2.75, 3.05) is 0 Å².